The van der Waals surface area contributed by atoms with Crippen LogP contribution in [0.25, 0.3) is 0 Å². The maximum Gasteiger partial charge on any atom is 0.139 e. The quantitative estimate of drug-likeness (QED) is 0.538. The third kappa shape index (κ3) is 0.986. The average Bonchev–Trinajstić information content (AvgIpc) is 2.08. The molecule has 0 bridgehead atoms. The molecule has 1 heteroatoms. The largest absolute Gasteiger partial charge is 0.299 e. The first-order valence-corrected chi connectivity index (χ1v) is 5.48. The number of carbonyl (C=O) groups is 1. The molecule has 0 aromatic carbocycles. The summed E-state index contributed by atoms with van der Waals surface area (Å²) in [6, 6.07) is 0. The Bertz CT molecular complexity index is 331. The number of rotatable bonds is 0. The van der Waals surface area contributed by atoms with Gasteiger partial charge in [0.15, 0.2) is 0 Å². The molecule has 0 aromatic heterocycles. The van der Waals surface area contributed by atoms with Gasteiger partial charge in [0.2, 0.25) is 0 Å². The van der Waals surface area contributed by atoms with E-state index in [1.54, 1.807) is 5.57 Å². The van der Waals surface area contributed by atoms with Crippen LogP contribution in [-0.4, -0.2) is 5.78 Å². The Hall–Kier alpha value is -0.590. The Morgan fingerprint density at radius 2 is 1.79 bits per heavy atom. The zero-order chi connectivity index (χ0) is 10.7. The molecule has 2 fully saturated rings. The summed E-state index contributed by atoms with van der Waals surface area (Å²) in [6.07, 6.45) is 1.94. The number of Topliss-reactive ketones (excluding diaryl/α,β-unsaturated/α-hetero) is 1. The van der Waals surface area contributed by atoms with Gasteiger partial charge in [0.1, 0.15) is 5.78 Å². The van der Waals surface area contributed by atoms with E-state index in [1.165, 1.54) is 5.57 Å². The minimum absolute atomic E-state index is 0.112. The molecule has 78 valence electrons. The van der Waals surface area contributed by atoms with E-state index < -0.39 is 0 Å². The van der Waals surface area contributed by atoms with Crippen LogP contribution >= 0.6 is 0 Å². The van der Waals surface area contributed by atoms with E-state index in [2.05, 4.69) is 34.6 Å². The first kappa shape index (κ1) is 9.95. The van der Waals surface area contributed by atoms with Crippen LogP contribution in [0, 0.1) is 16.7 Å². The van der Waals surface area contributed by atoms with Crippen molar-refractivity contribution in [2.45, 2.75) is 47.5 Å². The highest BCUT2D eigenvalue weighted by atomic mass is 16.1. The van der Waals surface area contributed by atoms with E-state index in [1.807, 2.05) is 0 Å². The van der Waals surface area contributed by atoms with Gasteiger partial charge in [-0.05, 0) is 31.6 Å². The summed E-state index contributed by atoms with van der Waals surface area (Å²) in [6.45, 7) is 10.9. The standard InChI is InChI=1S/C13H20O/c1-8(2)9-6-13(5)7-10(14)12(3,4)11(9)13/h11H,6-7H2,1-5H3/t11-,13+/m0/s1. The van der Waals surface area contributed by atoms with Crippen LogP contribution < -0.4 is 0 Å². The van der Waals surface area contributed by atoms with Crippen LogP contribution in [0.4, 0.5) is 0 Å². The van der Waals surface area contributed by atoms with Crippen molar-refractivity contribution in [2.75, 3.05) is 0 Å². The molecule has 0 spiro atoms. The fraction of sp³-hybridized carbons (Fsp3) is 0.769. The van der Waals surface area contributed by atoms with Gasteiger partial charge in [-0.2, -0.15) is 0 Å². The second-order valence-corrected chi connectivity index (χ2v) is 6.11. The molecule has 1 nitrogen and oxygen atoms in total. The Balaban J connectivity index is 2.44. The monoisotopic (exact) mass is 192 g/mol. The van der Waals surface area contributed by atoms with Crippen molar-refractivity contribution >= 4 is 5.78 Å². The van der Waals surface area contributed by atoms with E-state index in [0.29, 0.717) is 11.7 Å². The topological polar surface area (TPSA) is 17.1 Å². The van der Waals surface area contributed by atoms with Crippen LogP contribution in [0.3, 0.4) is 0 Å². The summed E-state index contributed by atoms with van der Waals surface area (Å²) >= 11 is 0. The maximum atomic E-state index is 11.9. The molecule has 0 radical (unpaired) electrons. The molecule has 2 saturated carbocycles. The number of allylic oxidation sites excluding steroid dienone is 2. The Morgan fingerprint density at radius 3 is 2.21 bits per heavy atom. The van der Waals surface area contributed by atoms with Crippen LogP contribution in [0.15, 0.2) is 11.1 Å². The van der Waals surface area contributed by atoms with E-state index in [4.69, 9.17) is 0 Å². The van der Waals surface area contributed by atoms with Gasteiger partial charge in [-0.15, -0.1) is 0 Å². The zero-order valence-electron chi connectivity index (χ0n) is 9.90. The molecular formula is C13H20O. The summed E-state index contributed by atoms with van der Waals surface area (Å²) < 4.78 is 0. The van der Waals surface area contributed by atoms with Crippen molar-refractivity contribution in [3.05, 3.63) is 11.1 Å². The lowest BCUT2D eigenvalue weighted by molar-refractivity contribution is -0.125. The van der Waals surface area contributed by atoms with Crippen LogP contribution in [0.1, 0.15) is 47.5 Å². The number of hydrogen-bond acceptors (Lipinski definition) is 1. The Kier molecular flexibility index (Phi) is 1.78. The number of fused-ring (bicyclic) bond motifs is 1. The Morgan fingerprint density at radius 1 is 1.21 bits per heavy atom. The van der Waals surface area contributed by atoms with Crippen LogP contribution in [-0.2, 0) is 4.79 Å². The van der Waals surface area contributed by atoms with E-state index in [0.717, 1.165) is 12.8 Å². The number of ketones is 1. The predicted octanol–water partition coefficient (Wildman–Crippen LogP) is 3.35. The van der Waals surface area contributed by atoms with Gasteiger partial charge < -0.3 is 0 Å². The van der Waals surface area contributed by atoms with Gasteiger partial charge in [0.05, 0.1) is 0 Å². The molecule has 2 atom stereocenters. The third-order valence-corrected chi connectivity index (χ3v) is 4.29. The molecule has 2 aliphatic carbocycles. The van der Waals surface area contributed by atoms with Gasteiger partial charge in [-0.1, -0.05) is 31.9 Å². The van der Waals surface area contributed by atoms with Crippen molar-refractivity contribution in [3.63, 3.8) is 0 Å². The minimum Gasteiger partial charge on any atom is -0.299 e. The minimum atomic E-state index is -0.112. The highest BCUT2D eigenvalue weighted by molar-refractivity contribution is 5.89. The lowest BCUT2D eigenvalue weighted by Gasteiger charge is -2.49. The van der Waals surface area contributed by atoms with Crippen molar-refractivity contribution < 1.29 is 4.79 Å². The summed E-state index contributed by atoms with van der Waals surface area (Å²) in [5.74, 6) is 0.980. The highest BCUT2D eigenvalue weighted by Crippen LogP contribution is 2.66. The molecule has 14 heavy (non-hydrogen) atoms. The SMILES string of the molecule is CC(C)=C1C[C@]2(C)CC(=O)C(C)(C)[C@H]12. The average molecular weight is 192 g/mol. The van der Waals surface area contributed by atoms with Crippen molar-refractivity contribution in [1.29, 1.82) is 0 Å². The van der Waals surface area contributed by atoms with Gasteiger partial charge in [-0.3, -0.25) is 4.79 Å². The second kappa shape index (κ2) is 2.50. The van der Waals surface area contributed by atoms with Crippen LogP contribution in [0.5, 0.6) is 0 Å². The molecule has 0 saturated heterocycles. The fourth-order valence-electron chi connectivity index (χ4n) is 3.62. The molecule has 0 heterocycles. The van der Waals surface area contributed by atoms with Gasteiger partial charge in [0, 0.05) is 11.8 Å². The lowest BCUT2D eigenvalue weighted by atomic mass is 9.54. The number of hydrogen-bond donors (Lipinski definition) is 0. The normalized spacial score (nSPS) is 39.4. The molecule has 0 N–H and O–H groups in total. The lowest BCUT2D eigenvalue weighted by Crippen LogP contribution is -2.42. The first-order valence-electron chi connectivity index (χ1n) is 5.48. The summed E-state index contributed by atoms with van der Waals surface area (Å²) in [5, 5.41) is 0. The van der Waals surface area contributed by atoms with Crippen molar-refractivity contribution in [3.8, 4) is 0 Å². The number of carbonyl (C=O) groups excluding carboxylic acids is 1. The molecule has 0 amide bonds. The maximum absolute atomic E-state index is 11.9. The van der Waals surface area contributed by atoms with E-state index in [9.17, 15) is 4.79 Å². The third-order valence-electron chi connectivity index (χ3n) is 4.29. The summed E-state index contributed by atoms with van der Waals surface area (Å²) in [7, 11) is 0. The van der Waals surface area contributed by atoms with Gasteiger partial charge >= 0.3 is 0 Å². The first-order chi connectivity index (χ1) is 6.29. The van der Waals surface area contributed by atoms with E-state index >= 15 is 0 Å². The van der Waals surface area contributed by atoms with Gasteiger partial charge in [-0.25, -0.2) is 0 Å². The van der Waals surface area contributed by atoms with Gasteiger partial charge in [0.25, 0.3) is 0 Å². The molecule has 2 aliphatic rings. The van der Waals surface area contributed by atoms with Crippen molar-refractivity contribution in [2.24, 2.45) is 16.7 Å². The van der Waals surface area contributed by atoms with Crippen LogP contribution in [0.2, 0.25) is 0 Å². The second-order valence-electron chi connectivity index (χ2n) is 6.11. The highest BCUT2D eigenvalue weighted by Gasteiger charge is 2.62. The molecule has 0 aromatic rings. The fourth-order valence-corrected chi connectivity index (χ4v) is 3.62. The van der Waals surface area contributed by atoms with Crippen molar-refractivity contribution in [1.82, 2.24) is 0 Å². The molecule has 0 unspecified atom stereocenters. The molecule has 0 aliphatic heterocycles. The summed E-state index contributed by atoms with van der Waals surface area (Å²) in [5.41, 5.74) is 3.14. The molecule has 2 rings (SSSR count). The van der Waals surface area contributed by atoms with E-state index in [-0.39, 0.29) is 10.8 Å². The molecular weight excluding hydrogens is 172 g/mol. The smallest absolute Gasteiger partial charge is 0.139 e. The summed E-state index contributed by atoms with van der Waals surface area (Å²) in [4.78, 5) is 11.9. The Labute approximate surface area is 86.6 Å². The predicted molar refractivity (Wildman–Crippen MR) is 58.0 cm³/mol. The zero-order valence-corrected chi connectivity index (χ0v) is 9.90.